The van der Waals surface area contributed by atoms with E-state index in [0.29, 0.717) is 16.7 Å². The third kappa shape index (κ3) is 4.89. The Balaban J connectivity index is 2.13. The SMILES string of the molecule is CC(C)(C)Oc1cc(-c2cnc3[nH]cc(C=CC(N)=O)c3n2)cc(C(F)(F)F)n1. The van der Waals surface area contributed by atoms with Crippen LogP contribution in [0.5, 0.6) is 5.88 Å². The molecule has 7 nitrogen and oxygen atoms in total. The van der Waals surface area contributed by atoms with Gasteiger partial charge in [0.1, 0.15) is 16.8 Å². The number of nitrogens with one attached hydrogen (secondary N) is 1. The summed E-state index contributed by atoms with van der Waals surface area (Å²) in [5.41, 5.74) is 4.91. The number of aromatic amines is 1. The molecule has 0 saturated carbocycles. The molecule has 0 spiro atoms. The first-order valence-electron chi connectivity index (χ1n) is 8.53. The van der Waals surface area contributed by atoms with Crippen LogP contribution in [0.25, 0.3) is 28.5 Å². The molecule has 0 aliphatic rings. The van der Waals surface area contributed by atoms with Gasteiger partial charge in [0, 0.05) is 29.5 Å². The fraction of sp³-hybridized carbons (Fsp3) is 0.263. The molecule has 0 aliphatic heterocycles. The summed E-state index contributed by atoms with van der Waals surface area (Å²) < 4.78 is 45.5. The molecule has 0 aliphatic carbocycles. The lowest BCUT2D eigenvalue weighted by atomic mass is 10.1. The van der Waals surface area contributed by atoms with E-state index in [9.17, 15) is 18.0 Å². The molecule has 0 atom stereocenters. The molecule has 3 N–H and O–H groups in total. The first-order valence-corrected chi connectivity index (χ1v) is 8.53. The lowest BCUT2D eigenvalue weighted by molar-refractivity contribution is -0.141. The van der Waals surface area contributed by atoms with Crippen LogP contribution in [0.1, 0.15) is 32.0 Å². The predicted octanol–water partition coefficient (Wildman–Crippen LogP) is 3.71. The van der Waals surface area contributed by atoms with E-state index < -0.39 is 23.4 Å². The molecule has 0 aromatic carbocycles. The number of halogens is 3. The van der Waals surface area contributed by atoms with Gasteiger partial charge in [-0.2, -0.15) is 13.2 Å². The zero-order valence-electron chi connectivity index (χ0n) is 15.8. The maximum atomic E-state index is 13.3. The molecule has 0 fully saturated rings. The van der Waals surface area contributed by atoms with Gasteiger partial charge in [-0.3, -0.25) is 4.79 Å². The Hall–Kier alpha value is -3.43. The Labute approximate surface area is 163 Å². The number of primary amides is 1. The number of pyridine rings is 1. The summed E-state index contributed by atoms with van der Waals surface area (Å²) in [6.45, 7) is 5.12. The number of alkyl halides is 3. The number of amides is 1. The number of nitrogens with zero attached hydrogens (tertiary/aromatic N) is 3. The molecule has 3 rings (SSSR count). The average molecular weight is 405 g/mol. The van der Waals surface area contributed by atoms with Gasteiger partial charge in [-0.05, 0) is 32.9 Å². The van der Waals surface area contributed by atoms with E-state index in [2.05, 4.69) is 19.9 Å². The fourth-order valence-electron chi connectivity index (χ4n) is 2.51. The molecule has 3 heterocycles. The second-order valence-electron chi connectivity index (χ2n) is 7.22. The van der Waals surface area contributed by atoms with E-state index in [1.165, 1.54) is 18.3 Å². The van der Waals surface area contributed by atoms with Gasteiger partial charge in [0.2, 0.25) is 11.8 Å². The highest BCUT2D eigenvalue weighted by Gasteiger charge is 2.34. The molecule has 3 aromatic rings. The van der Waals surface area contributed by atoms with Crippen molar-refractivity contribution >= 4 is 23.1 Å². The smallest absolute Gasteiger partial charge is 0.433 e. The van der Waals surface area contributed by atoms with Gasteiger partial charge < -0.3 is 15.5 Å². The topological polar surface area (TPSA) is 107 Å². The number of aromatic nitrogens is 4. The summed E-state index contributed by atoms with van der Waals surface area (Å²) in [5, 5.41) is 0. The highest BCUT2D eigenvalue weighted by Crippen LogP contribution is 2.34. The normalized spacial score (nSPS) is 12.6. The van der Waals surface area contributed by atoms with Crippen molar-refractivity contribution in [3.63, 3.8) is 0 Å². The molecular weight excluding hydrogens is 387 g/mol. The number of hydrogen-bond donors (Lipinski definition) is 2. The maximum Gasteiger partial charge on any atom is 0.433 e. The molecule has 0 bridgehead atoms. The maximum absolute atomic E-state index is 13.3. The zero-order chi connectivity index (χ0) is 21.4. The second-order valence-corrected chi connectivity index (χ2v) is 7.22. The number of nitrogens with two attached hydrogens (primary N) is 1. The number of rotatable bonds is 4. The van der Waals surface area contributed by atoms with Gasteiger partial charge in [0.15, 0.2) is 5.65 Å². The van der Waals surface area contributed by atoms with Gasteiger partial charge in [0.05, 0.1) is 11.9 Å². The Kier molecular flexibility index (Phi) is 5.04. The molecule has 1 amide bonds. The van der Waals surface area contributed by atoms with Crippen LogP contribution in [0.2, 0.25) is 0 Å². The zero-order valence-corrected chi connectivity index (χ0v) is 15.8. The number of ether oxygens (including phenoxy) is 1. The lowest BCUT2D eigenvalue weighted by Gasteiger charge is -2.21. The molecule has 29 heavy (non-hydrogen) atoms. The molecule has 3 aromatic heterocycles. The van der Waals surface area contributed by atoms with Crippen molar-refractivity contribution < 1.29 is 22.7 Å². The Morgan fingerprint density at radius 3 is 2.55 bits per heavy atom. The minimum atomic E-state index is -4.66. The third-order valence-corrected chi connectivity index (χ3v) is 3.64. The van der Waals surface area contributed by atoms with Crippen molar-refractivity contribution in [2.45, 2.75) is 32.5 Å². The summed E-state index contributed by atoms with van der Waals surface area (Å²) in [7, 11) is 0. The molecular formula is C19H18F3N5O2. The number of H-pyrrole nitrogens is 1. The number of carbonyl (C=O) groups excluding carboxylic acids is 1. The van der Waals surface area contributed by atoms with Gasteiger partial charge in [0.25, 0.3) is 0 Å². The Bertz CT molecular complexity index is 1100. The molecule has 152 valence electrons. The monoisotopic (exact) mass is 405 g/mol. The van der Waals surface area contributed by atoms with Crippen molar-refractivity contribution in [3.05, 3.63) is 41.9 Å². The standard InChI is InChI=1S/C19H18F3N5O2/c1-18(2,3)29-15-7-11(6-13(27-15)19(20,21)22)12-9-25-17-16(26-12)10(8-24-17)4-5-14(23)28/h4-9H,1-3H3,(H2,23,28)(H,24,25). The molecule has 0 radical (unpaired) electrons. The van der Waals surface area contributed by atoms with E-state index >= 15 is 0 Å². The number of fused-ring (bicyclic) bond motifs is 1. The predicted molar refractivity (Wildman–Crippen MR) is 101 cm³/mol. The summed E-state index contributed by atoms with van der Waals surface area (Å²) in [6.07, 6.45) is 0.849. The van der Waals surface area contributed by atoms with Crippen molar-refractivity contribution in [3.8, 4) is 17.1 Å². The van der Waals surface area contributed by atoms with Crippen LogP contribution in [0.3, 0.4) is 0 Å². The highest BCUT2D eigenvalue weighted by molar-refractivity contribution is 5.93. The molecule has 0 saturated heterocycles. The van der Waals surface area contributed by atoms with Gasteiger partial charge in [-0.25, -0.2) is 15.0 Å². The molecule has 10 heteroatoms. The summed E-state index contributed by atoms with van der Waals surface area (Å²) in [4.78, 5) is 26.0. The van der Waals surface area contributed by atoms with Crippen LogP contribution < -0.4 is 10.5 Å². The van der Waals surface area contributed by atoms with Gasteiger partial charge in [-0.15, -0.1) is 0 Å². The van der Waals surface area contributed by atoms with Crippen LogP contribution >= 0.6 is 0 Å². The quantitative estimate of drug-likeness (QED) is 0.644. The minimum Gasteiger partial charge on any atom is -0.472 e. The van der Waals surface area contributed by atoms with E-state index in [4.69, 9.17) is 10.5 Å². The molecule has 0 unspecified atom stereocenters. The first kappa shape index (κ1) is 20.3. The lowest BCUT2D eigenvalue weighted by Crippen LogP contribution is -2.24. The average Bonchev–Trinajstić information content (AvgIpc) is 2.99. The largest absolute Gasteiger partial charge is 0.472 e. The third-order valence-electron chi connectivity index (χ3n) is 3.64. The Morgan fingerprint density at radius 2 is 1.93 bits per heavy atom. The van der Waals surface area contributed by atoms with Crippen LogP contribution in [-0.4, -0.2) is 31.4 Å². The second kappa shape index (κ2) is 7.19. The number of hydrogen-bond acceptors (Lipinski definition) is 5. The van der Waals surface area contributed by atoms with Crippen LogP contribution in [0, 0.1) is 0 Å². The van der Waals surface area contributed by atoms with E-state index in [0.717, 1.165) is 12.1 Å². The van der Waals surface area contributed by atoms with E-state index in [-0.39, 0.29) is 17.1 Å². The highest BCUT2D eigenvalue weighted by atomic mass is 19.4. The summed E-state index contributed by atoms with van der Waals surface area (Å²) in [6, 6.07) is 2.26. The summed E-state index contributed by atoms with van der Waals surface area (Å²) in [5.74, 6) is -0.816. The van der Waals surface area contributed by atoms with Crippen LogP contribution in [0.4, 0.5) is 13.2 Å². The Morgan fingerprint density at radius 1 is 1.21 bits per heavy atom. The van der Waals surface area contributed by atoms with E-state index in [1.54, 1.807) is 27.0 Å². The fourth-order valence-corrected chi connectivity index (χ4v) is 2.51. The van der Waals surface area contributed by atoms with Crippen molar-refractivity contribution in [2.24, 2.45) is 5.73 Å². The van der Waals surface area contributed by atoms with Crippen LogP contribution in [-0.2, 0) is 11.0 Å². The van der Waals surface area contributed by atoms with Crippen LogP contribution in [0.15, 0.2) is 30.6 Å². The van der Waals surface area contributed by atoms with Gasteiger partial charge >= 0.3 is 6.18 Å². The van der Waals surface area contributed by atoms with E-state index in [1.807, 2.05) is 0 Å². The van der Waals surface area contributed by atoms with Crippen molar-refractivity contribution in [1.82, 2.24) is 19.9 Å². The van der Waals surface area contributed by atoms with Gasteiger partial charge in [-0.1, -0.05) is 0 Å². The summed E-state index contributed by atoms with van der Waals surface area (Å²) >= 11 is 0. The number of carbonyl (C=O) groups is 1. The van der Waals surface area contributed by atoms with Crippen molar-refractivity contribution in [1.29, 1.82) is 0 Å². The minimum absolute atomic E-state index is 0.145. The van der Waals surface area contributed by atoms with Crippen molar-refractivity contribution in [2.75, 3.05) is 0 Å². The first-order chi connectivity index (χ1) is 13.4.